The van der Waals surface area contributed by atoms with Gasteiger partial charge in [-0.05, 0) is 87.0 Å². The number of hydrogen-bond donors (Lipinski definition) is 1. The number of nitrogens with zero attached hydrogens (tertiary/aromatic N) is 1. The molecule has 2 heterocycles. The number of piperidine rings is 1. The molecule has 1 aliphatic rings. The number of carbonyl (C=O) groups is 1. The van der Waals surface area contributed by atoms with E-state index < -0.39 is 0 Å². The molecule has 1 saturated heterocycles. The minimum Gasteiger partial charge on any atom is -0.457 e. The van der Waals surface area contributed by atoms with Crippen molar-refractivity contribution in [2.75, 3.05) is 24.7 Å². The molecule has 3 aromatic carbocycles. The fourth-order valence-electron chi connectivity index (χ4n) is 4.88. The summed E-state index contributed by atoms with van der Waals surface area (Å²) in [7, 11) is 0. The van der Waals surface area contributed by atoms with E-state index in [1.54, 1.807) is 11.8 Å². The number of likely N-dealkylation sites (tertiary alicyclic amines) is 1. The summed E-state index contributed by atoms with van der Waals surface area (Å²) < 4.78 is 6.55. The van der Waals surface area contributed by atoms with E-state index in [2.05, 4.69) is 47.7 Å². The standard InChI is InChI=1S/C30H32N2O2S/c1-20-8-10-23(11-9-20)30(33)31-27-25-6-4-5-7-26(25)34-29(27)28(32-18-16-21(2)17-19-32)22-12-14-24(35-3)15-13-22/h4-15,21,28H,16-19H2,1-3H3,(H,31,33). The van der Waals surface area contributed by atoms with E-state index in [-0.39, 0.29) is 11.9 Å². The Hall–Kier alpha value is -3.02. The molecule has 0 radical (unpaired) electrons. The van der Waals surface area contributed by atoms with Gasteiger partial charge in [-0.3, -0.25) is 9.69 Å². The number of fused-ring (bicyclic) bond motifs is 1. The molecule has 1 unspecified atom stereocenters. The summed E-state index contributed by atoms with van der Waals surface area (Å²) in [6, 6.07) is 24.3. The lowest BCUT2D eigenvalue weighted by molar-refractivity contribution is 0.102. The summed E-state index contributed by atoms with van der Waals surface area (Å²) in [5.74, 6) is 1.40. The van der Waals surface area contributed by atoms with Crippen molar-refractivity contribution < 1.29 is 9.21 Å². The number of rotatable bonds is 6. The zero-order chi connectivity index (χ0) is 24.4. The van der Waals surface area contributed by atoms with Gasteiger partial charge in [-0.15, -0.1) is 11.8 Å². The third kappa shape index (κ3) is 5.02. The predicted octanol–water partition coefficient (Wildman–Crippen LogP) is 7.54. The van der Waals surface area contributed by atoms with Gasteiger partial charge >= 0.3 is 0 Å². The van der Waals surface area contributed by atoms with Crippen molar-refractivity contribution in [3.05, 3.63) is 95.2 Å². The summed E-state index contributed by atoms with van der Waals surface area (Å²) in [4.78, 5) is 17.1. The van der Waals surface area contributed by atoms with Crippen LogP contribution in [0.25, 0.3) is 11.0 Å². The Balaban J connectivity index is 1.60. The van der Waals surface area contributed by atoms with Gasteiger partial charge in [-0.25, -0.2) is 0 Å². The van der Waals surface area contributed by atoms with Gasteiger partial charge in [0.2, 0.25) is 0 Å². The van der Waals surface area contributed by atoms with Crippen molar-refractivity contribution >= 4 is 34.3 Å². The molecule has 35 heavy (non-hydrogen) atoms. The molecule has 1 fully saturated rings. The van der Waals surface area contributed by atoms with Crippen LogP contribution in [0, 0.1) is 12.8 Å². The molecule has 0 spiro atoms. The van der Waals surface area contributed by atoms with Gasteiger partial charge in [0.05, 0.1) is 11.7 Å². The van der Waals surface area contributed by atoms with Crippen molar-refractivity contribution in [3.63, 3.8) is 0 Å². The molecular weight excluding hydrogens is 452 g/mol. The van der Waals surface area contributed by atoms with Crippen LogP contribution in [-0.4, -0.2) is 30.2 Å². The number of anilines is 1. The van der Waals surface area contributed by atoms with Crippen LogP contribution in [0.4, 0.5) is 5.69 Å². The monoisotopic (exact) mass is 484 g/mol. The van der Waals surface area contributed by atoms with Crippen molar-refractivity contribution in [1.29, 1.82) is 0 Å². The van der Waals surface area contributed by atoms with Gasteiger partial charge in [0.25, 0.3) is 5.91 Å². The normalized spacial score (nSPS) is 15.9. The average molecular weight is 485 g/mol. The van der Waals surface area contributed by atoms with Crippen molar-refractivity contribution in [2.45, 2.75) is 37.6 Å². The smallest absolute Gasteiger partial charge is 0.255 e. The minimum absolute atomic E-state index is 0.0703. The molecule has 1 atom stereocenters. The van der Waals surface area contributed by atoms with E-state index in [9.17, 15) is 4.79 Å². The van der Waals surface area contributed by atoms with E-state index in [0.717, 1.165) is 59.8 Å². The Bertz CT molecular complexity index is 1300. The zero-order valence-electron chi connectivity index (χ0n) is 20.6. The van der Waals surface area contributed by atoms with Gasteiger partial charge in [-0.2, -0.15) is 0 Å². The number of furan rings is 1. The van der Waals surface area contributed by atoms with Crippen LogP contribution in [0.15, 0.2) is 82.1 Å². The fraction of sp³-hybridized carbons (Fsp3) is 0.300. The molecule has 0 bridgehead atoms. The first kappa shape index (κ1) is 23.7. The Morgan fingerprint density at radius 2 is 1.69 bits per heavy atom. The molecule has 5 rings (SSSR count). The quantitative estimate of drug-likeness (QED) is 0.287. The lowest BCUT2D eigenvalue weighted by Crippen LogP contribution is -2.37. The van der Waals surface area contributed by atoms with Crippen LogP contribution in [0.5, 0.6) is 0 Å². The topological polar surface area (TPSA) is 45.5 Å². The molecule has 1 aromatic heterocycles. The Morgan fingerprint density at radius 3 is 2.37 bits per heavy atom. The maximum absolute atomic E-state index is 13.3. The summed E-state index contributed by atoms with van der Waals surface area (Å²) in [6.07, 6.45) is 4.41. The van der Waals surface area contributed by atoms with Crippen LogP contribution in [0.1, 0.15) is 53.1 Å². The van der Waals surface area contributed by atoms with E-state index in [1.165, 1.54) is 10.5 Å². The maximum Gasteiger partial charge on any atom is 0.255 e. The predicted molar refractivity (Wildman–Crippen MR) is 145 cm³/mol. The van der Waals surface area contributed by atoms with Crippen LogP contribution >= 0.6 is 11.8 Å². The maximum atomic E-state index is 13.3. The fourth-order valence-corrected chi connectivity index (χ4v) is 5.29. The first-order valence-corrected chi connectivity index (χ1v) is 13.5. The number of aryl methyl sites for hydroxylation is 1. The molecule has 1 amide bonds. The van der Waals surface area contributed by atoms with Crippen LogP contribution in [-0.2, 0) is 0 Å². The highest BCUT2D eigenvalue weighted by Crippen LogP contribution is 2.42. The Kier molecular flexibility index (Phi) is 6.98. The van der Waals surface area contributed by atoms with Crippen molar-refractivity contribution in [3.8, 4) is 0 Å². The highest BCUT2D eigenvalue weighted by atomic mass is 32.2. The molecule has 0 saturated carbocycles. The van der Waals surface area contributed by atoms with Crippen LogP contribution < -0.4 is 5.32 Å². The van der Waals surface area contributed by atoms with Gasteiger partial charge in [0.15, 0.2) is 0 Å². The molecule has 1 N–H and O–H groups in total. The van der Waals surface area contributed by atoms with Crippen molar-refractivity contribution in [1.82, 2.24) is 4.90 Å². The summed E-state index contributed by atoms with van der Waals surface area (Å²) >= 11 is 1.74. The van der Waals surface area contributed by atoms with E-state index in [1.807, 2.05) is 55.5 Å². The Morgan fingerprint density at radius 1 is 1.00 bits per heavy atom. The molecule has 4 nitrogen and oxygen atoms in total. The van der Waals surface area contributed by atoms with E-state index >= 15 is 0 Å². The molecule has 4 aromatic rings. The third-order valence-electron chi connectivity index (χ3n) is 7.04. The van der Waals surface area contributed by atoms with E-state index in [0.29, 0.717) is 5.56 Å². The lowest BCUT2D eigenvalue weighted by atomic mass is 9.94. The first-order chi connectivity index (χ1) is 17.0. The number of hydrogen-bond acceptors (Lipinski definition) is 4. The second-order valence-corrected chi connectivity index (χ2v) is 10.4. The highest BCUT2D eigenvalue weighted by molar-refractivity contribution is 7.98. The molecule has 0 aliphatic carbocycles. The Labute approximate surface area is 211 Å². The van der Waals surface area contributed by atoms with Crippen molar-refractivity contribution in [2.24, 2.45) is 5.92 Å². The molecular formula is C30H32N2O2S. The SMILES string of the molecule is CSc1ccc(C(c2oc3ccccc3c2NC(=O)c2ccc(C)cc2)N2CCC(C)CC2)cc1. The van der Waals surface area contributed by atoms with Crippen LogP contribution in [0.3, 0.4) is 0 Å². The van der Waals surface area contributed by atoms with E-state index in [4.69, 9.17) is 4.42 Å². The number of nitrogens with one attached hydrogen (secondary N) is 1. The minimum atomic E-state index is -0.124. The number of para-hydroxylation sites is 1. The molecule has 1 aliphatic heterocycles. The lowest BCUT2D eigenvalue weighted by Gasteiger charge is -2.36. The van der Waals surface area contributed by atoms with Gasteiger partial charge < -0.3 is 9.73 Å². The van der Waals surface area contributed by atoms with Gasteiger partial charge in [0, 0.05) is 15.8 Å². The molecule has 5 heteroatoms. The average Bonchev–Trinajstić information content (AvgIpc) is 3.24. The largest absolute Gasteiger partial charge is 0.457 e. The third-order valence-corrected chi connectivity index (χ3v) is 7.78. The second-order valence-electron chi connectivity index (χ2n) is 9.55. The first-order valence-electron chi connectivity index (χ1n) is 12.3. The summed E-state index contributed by atoms with van der Waals surface area (Å²) in [5.41, 5.74) is 4.51. The number of benzene rings is 3. The number of thioether (sulfide) groups is 1. The second kappa shape index (κ2) is 10.3. The van der Waals surface area contributed by atoms with Gasteiger partial charge in [0.1, 0.15) is 11.3 Å². The highest BCUT2D eigenvalue weighted by Gasteiger charge is 2.32. The van der Waals surface area contributed by atoms with Crippen LogP contribution in [0.2, 0.25) is 0 Å². The van der Waals surface area contributed by atoms with Gasteiger partial charge in [-0.1, -0.05) is 48.9 Å². The number of carbonyl (C=O) groups excluding carboxylic acids is 1. The summed E-state index contributed by atoms with van der Waals surface area (Å²) in [5, 5.41) is 4.16. The molecule has 180 valence electrons. The zero-order valence-corrected chi connectivity index (χ0v) is 21.4. The summed E-state index contributed by atoms with van der Waals surface area (Å²) in [6.45, 7) is 6.35. The number of amides is 1.